The highest BCUT2D eigenvalue weighted by atomic mass is 16.5. The lowest BCUT2D eigenvalue weighted by molar-refractivity contribution is 0.0660. The number of carbonyl (C=O) groups excluding carboxylic acids is 1. The van der Waals surface area contributed by atoms with Gasteiger partial charge in [-0.25, -0.2) is 9.59 Å². The van der Waals surface area contributed by atoms with Crippen LogP contribution < -0.4 is 15.5 Å². The molecule has 4 rings (SSSR count). The Morgan fingerprint density at radius 3 is 2.06 bits per heavy atom. The third-order valence-electron chi connectivity index (χ3n) is 5.10. The van der Waals surface area contributed by atoms with Gasteiger partial charge in [-0.1, -0.05) is 12.1 Å². The summed E-state index contributed by atoms with van der Waals surface area (Å²) in [5, 5.41) is 21.1. The van der Waals surface area contributed by atoms with E-state index in [-0.39, 0.29) is 22.2 Å². The van der Waals surface area contributed by atoms with Gasteiger partial charge < -0.3 is 24.7 Å². The standard InChI is InChI=1S/C25H17NO8/c1-33-17-8-6-14(7-9-17)23(28)26-19-11-16(13-2-4-15(5-3-13)24(29)30)10-18-20(27)12-21(25(31)32)34-22(18)19/h2-12H,1H3,(H,26,28)(H,29,30)(H,31,32). The third kappa shape index (κ3) is 4.35. The Morgan fingerprint density at radius 1 is 0.824 bits per heavy atom. The van der Waals surface area contributed by atoms with Gasteiger partial charge in [-0.3, -0.25) is 9.59 Å². The number of carboxylic acids is 2. The second-order valence-electron chi connectivity index (χ2n) is 7.25. The highest BCUT2D eigenvalue weighted by molar-refractivity contribution is 6.09. The lowest BCUT2D eigenvalue weighted by Crippen LogP contribution is -2.14. The molecule has 0 unspecified atom stereocenters. The fourth-order valence-corrected chi connectivity index (χ4v) is 3.37. The van der Waals surface area contributed by atoms with Gasteiger partial charge in [0.15, 0.2) is 11.0 Å². The topological polar surface area (TPSA) is 143 Å². The molecule has 1 amide bonds. The van der Waals surface area contributed by atoms with Gasteiger partial charge in [-0.05, 0) is 59.7 Å². The van der Waals surface area contributed by atoms with Crippen LogP contribution in [0.1, 0.15) is 31.3 Å². The highest BCUT2D eigenvalue weighted by Crippen LogP contribution is 2.31. The van der Waals surface area contributed by atoms with E-state index in [0.717, 1.165) is 6.07 Å². The molecule has 0 radical (unpaired) electrons. The minimum absolute atomic E-state index is 0.0508. The van der Waals surface area contributed by atoms with Crippen molar-refractivity contribution in [3.63, 3.8) is 0 Å². The third-order valence-corrected chi connectivity index (χ3v) is 5.10. The SMILES string of the molecule is COc1ccc(C(=O)Nc2cc(-c3ccc(C(=O)O)cc3)cc3c(=O)cc(C(=O)O)oc23)cc1. The molecule has 9 nitrogen and oxygen atoms in total. The van der Waals surface area contributed by atoms with Crippen molar-refractivity contribution in [2.75, 3.05) is 12.4 Å². The number of benzene rings is 3. The molecular weight excluding hydrogens is 442 g/mol. The fraction of sp³-hybridized carbons (Fsp3) is 0.0400. The minimum Gasteiger partial charge on any atom is -0.497 e. The van der Waals surface area contributed by atoms with Crippen LogP contribution in [0.5, 0.6) is 5.75 Å². The van der Waals surface area contributed by atoms with Gasteiger partial charge in [0.1, 0.15) is 5.75 Å². The number of fused-ring (bicyclic) bond motifs is 1. The molecule has 170 valence electrons. The van der Waals surface area contributed by atoms with Gasteiger partial charge >= 0.3 is 11.9 Å². The Kier molecular flexibility index (Phi) is 5.84. The van der Waals surface area contributed by atoms with Crippen LogP contribution in [-0.4, -0.2) is 35.2 Å². The zero-order valence-corrected chi connectivity index (χ0v) is 17.7. The number of methoxy groups -OCH3 is 1. The van der Waals surface area contributed by atoms with Crippen LogP contribution in [0.25, 0.3) is 22.1 Å². The second kappa shape index (κ2) is 8.91. The molecule has 3 N–H and O–H groups in total. The first-order chi connectivity index (χ1) is 16.3. The Bertz CT molecular complexity index is 1480. The number of anilines is 1. The van der Waals surface area contributed by atoms with E-state index in [1.807, 2.05) is 0 Å². The number of amides is 1. The Balaban J connectivity index is 1.85. The van der Waals surface area contributed by atoms with Crippen LogP contribution in [-0.2, 0) is 0 Å². The summed E-state index contributed by atoms with van der Waals surface area (Å²) in [6, 6.07) is 16.1. The number of carboxylic acid groups (broad SMARTS) is 2. The van der Waals surface area contributed by atoms with Crippen LogP contribution >= 0.6 is 0 Å². The maximum Gasteiger partial charge on any atom is 0.371 e. The average Bonchev–Trinajstić information content (AvgIpc) is 2.84. The van der Waals surface area contributed by atoms with Crippen LogP contribution in [0.3, 0.4) is 0 Å². The Morgan fingerprint density at radius 2 is 1.47 bits per heavy atom. The van der Waals surface area contributed by atoms with Crippen molar-refractivity contribution in [1.29, 1.82) is 0 Å². The van der Waals surface area contributed by atoms with E-state index in [0.29, 0.717) is 22.4 Å². The molecule has 0 atom stereocenters. The van der Waals surface area contributed by atoms with Crippen molar-refractivity contribution in [3.05, 3.63) is 93.8 Å². The van der Waals surface area contributed by atoms with Crippen molar-refractivity contribution in [1.82, 2.24) is 0 Å². The molecule has 0 spiro atoms. The summed E-state index contributed by atoms with van der Waals surface area (Å²) in [4.78, 5) is 48.1. The molecular formula is C25H17NO8. The zero-order chi connectivity index (χ0) is 24.4. The molecule has 34 heavy (non-hydrogen) atoms. The molecule has 0 bridgehead atoms. The van der Waals surface area contributed by atoms with E-state index in [9.17, 15) is 24.3 Å². The first kappa shape index (κ1) is 22.3. The Labute approximate surface area is 191 Å². The molecule has 4 aromatic rings. The summed E-state index contributed by atoms with van der Waals surface area (Å²) in [6.45, 7) is 0. The van der Waals surface area contributed by atoms with Crippen molar-refractivity contribution in [2.24, 2.45) is 0 Å². The van der Waals surface area contributed by atoms with Crippen LogP contribution in [0.15, 0.2) is 75.9 Å². The summed E-state index contributed by atoms with van der Waals surface area (Å²) >= 11 is 0. The van der Waals surface area contributed by atoms with E-state index in [4.69, 9.17) is 14.3 Å². The normalized spacial score (nSPS) is 10.6. The lowest BCUT2D eigenvalue weighted by Gasteiger charge is -2.12. The number of hydrogen-bond acceptors (Lipinski definition) is 6. The van der Waals surface area contributed by atoms with Crippen molar-refractivity contribution < 1.29 is 33.8 Å². The first-order valence-electron chi connectivity index (χ1n) is 9.91. The van der Waals surface area contributed by atoms with Gasteiger partial charge in [0.2, 0.25) is 5.76 Å². The lowest BCUT2D eigenvalue weighted by atomic mass is 10.0. The number of aromatic carboxylic acids is 2. The molecule has 0 saturated carbocycles. The van der Waals surface area contributed by atoms with Crippen molar-refractivity contribution in [3.8, 4) is 16.9 Å². The van der Waals surface area contributed by atoms with E-state index in [2.05, 4.69) is 5.32 Å². The minimum atomic E-state index is -1.43. The number of carbonyl (C=O) groups is 3. The second-order valence-corrected chi connectivity index (χ2v) is 7.25. The number of rotatable bonds is 6. The maximum absolute atomic E-state index is 12.9. The summed E-state index contributed by atoms with van der Waals surface area (Å²) in [5.41, 5.74) is 0.819. The predicted octanol–water partition coefficient (Wildman–Crippen LogP) is 4.12. The zero-order valence-electron chi connectivity index (χ0n) is 17.7. The molecule has 3 aromatic carbocycles. The number of ether oxygens (including phenoxy) is 1. The van der Waals surface area contributed by atoms with Gasteiger partial charge in [0, 0.05) is 11.6 Å². The molecule has 0 saturated heterocycles. The van der Waals surface area contributed by atoms with Gasteiger partial charge in [-0.15, -0.1) is 0 Å². The smallest absolute Gasteiger partial charge is 0.371 e. The average molecular weight is 459 g/mol. The number of nitrogens with one attached hydrogen (secondary N) is 1. The van der Waals surface area contributed by atoms with Gasteiger partial charge in [0.05, 0.1) is 23.7 Å². The molecule has 9 heteroatoms. The quantitative estimate of drug-likeness (QED) is 0.391. The van der Waals surface area contributed by atoms with E-state index in [1.165, 1.54) is 31.4 Å². The molecule has 1 heterocycles. The summed E-state index contributed by atoms with van der Waals surface area (Å²) < 4.78 is 10.5. The molecule has 1 aromatic heterocycles. The molecule has 0 aliphatic heterocycles. The van der Waals surface area contributed by atoms with E-state index in [1.54, 1.807) is 36.4 Å². The molecule has 0 aliphatic carbocycles. The highest BCUT2D eigenvalue weighted by Gasteiger charge is 2.18. The number of hydrogen-bond donors (Lipinski definition) is 3. The van der Waals surface area contributed by atoms with Gasteiger partial charge in [0.25, 0.3) is 5.91 Å². The molecule has 0 aliphatic rings. The summed E-state index contributed by atoms with van der Waals surface area (Å²) in [5.74, 6) is -3.05. The maximum atomic E-state index is 12.9. The first-order valence-corrected chi connectivity index (χ1v) is 9.91. The van der Waals surface area contributed by atoms with E-state index < -0.39 is 29.0 Å². The fourth-order valence-electron chi connectivity index (χ4n) is 3.37. The summed E-state index contributed by atoms with van der Waals surface area (Å²) in [7, 11) is 1.50. The van der Waals surface area contributed by atoms with Crippen molar-refractivity contribution in [2.45, 2.75) is 0 Å². The van der Waals surface area contributed by atoms with Crippen LogP contribution in [0.2, 0.25) is 0 Å². The van der Waals surface area contributed by atoms with Gasteiger partial charge in [-0.2, -0.15) is 0 Å². The predicted molar refractivity (Wildman–Crippen MR) is 123 cm³/mol. The Hall–Kier alpha value is -4.92. The van der Waals surface area contributed by atoms with Crippen molar-refractivity contribution >= 4 is 34.5 Å². The van der Waals surface area contributed by atoms with E-state index >= 15 is 0 Å². The molecule has 0 fully saturated rings. The van der Waals surface area contributed by atoms with Crippen LogP contribution in [0, 0.1) is 0 Å². The van der Waals surface area contributed by atoms with Crippen LogP contribution in [0.4, 0.5) is 5.69 Å². The largest absolute Gasteiger partial charge is 0.497 e. The summed E-state index contributed by atoms with van der Waals surface area (Å²) in [6.07, 6.45) is 0. The monoisotopic (exact) mass is 459 g/mol.